The standard InChI is InChI=1S/C20H15NO3/c1-12(22)19-11-16(20(23)24-2)18-10-8-15-14-6-4-3-5-13(14)7-9-17(15)21(18)19/h3-11H,1-2H3. The molecular weight excluding hydrogens is 302 g/mol. The maximum atomic E-state index is 12.1. The van der Waals surface area contributed by atoms with E-state index in [0.29, 0.717) is 16.8 Å². The normalized spacial score (nSPS) is 11.2. The predicted octanol–water partition coefficient (Wildman–Crippen LogP) is 4.23. The van der Waals surface area contributed by atoms with E-state index in [0.717, 1.165) is 21.7 Å². The number of fused-ring (bicyclic) bond motifs is 5. The van der Waals surface area contributed by atoms with Crippen LogP contribution < -0.4 is 0 Å². The average molecular weight is 317 g/mol. The molecule has 0 amide bonds. The van der Waals surface area contributed by atoms with Crippen molar-refractivity contribution < 1.29 is 14.3 Å². The summed E-state index contributed by atoms with van der Waals surface area (Å²) in [5, 5.41) is 3.28. The Morgan fingerprint density at radius 1 is 0.917 bits per heavy atom. The first-order valence-corrected chi connectivity index (χ1v) is 7.67. The van der Waals surface area contributed by atoms with Gasteiger partial charge < -0.3 is 9.14 Å². The molecule has 0 aliphatic heterocycles. The van der Waals surface area contributed by atoms with Crippen molar-refractivity contribution in [3.05, 3.63) is 65.9 Å². The van der Waals surface area contributed by atoms with E-state index in [1.54, 1.807) is 6.07 Å². The second-order valence-corrected chi connectivity index (χ2v) is 5.76. The molecule has 2 aromatic carbocycles. The van der Waals surface area contributed by atoms with Crippen LogP contribution in [0, 0.1) is 0 Å². The van der Waals surface area contributed by atoms with Gasteiger partial charge in [0.25, 0.3) is 0 Å². The topological polar surface area (TPSA) is 47.8 Å². The van der Waals surface area contributed by atoms with Crippen molar-refractivity contribution in [2.24, 2.45) is 0 Å². The third kappa shape index (κ3) is 1.93. The van der Waals surface area contributed by atoms with Gasteiger partial charge in [0, 0.05) is 12.3 Å². The molecule has 0 atom stereocenters. The number of rotatable bonds is 2. The quantitative estimate of drug-likeness (QED) is 0.316. The molecule has 0 radical (unpaired) electrons. The van der Waals surface area contributed by atoms with Crippen LogP contribution >= 0.6 is 0 Å². The van der Waals surface area contributed by atoms with Crippen LogP contribution in [0.3, 0.4) is 0 Å². The first-order valence-electron chi connectivity index (χ1n) is 7.67. The molecular formula is C20H15NO3. The summed E-state index contributed by atoms with van der Waals surface area (Å²) in [5.41, 5.74) is 2.45. The molecule has 0 saturated carbocycles. The molecule has 24 heavy (non-hydrogen) atoms. The van der Waals surface area contributed by atoms with Gasteiger partial charge in [0.1, 0.15) is 0 Å². The van der Waals surface area contributed by atoms with Crippen LogP contribution in [0.1, 0.15) is 27.8 Å². The third-order valence-corrected chi connectivity index (χ3v) is 4.40. The van der Waals surface area contributed by atoms with Gasteiger partial charge in [0.15, 0.2) is 5.78 Å². The van der Waals surface area contributed by atoms with Crippen molar-refractivity contribution in [1.29, 1.82) is 0 Å². The molecule has 0 spiro atoms. The summed E-state index contributed by atoms with van der Waals surface area (Å²) in [6.07, 6.45) is 0. The average Bonchev–Trinajstić information content (AvgIpc) is 3.01. The largest absolute Gasteiger partial charge is 0.465 e. The number of nitrogens with zero attached hydrogens (tertiary/aromatic N) is 1. The maximum Gasteiger partial charge on any atom is 0.340 e. The lowest BCUT2D eigenvalue weighted by atomic mass is 10.0. The van der Waals surface area contributed by atoms with Crippen molar-refractivity contribution in [3.8, 4) is 0 Å². The van der Waals surface area contributed by atoms with Gasteiger partial charge in [0.2, 0.25) is 0 Å². The first kappa shape index (κ1) is 14.5. The van der Waals surface area contributed by atoms with Crippen LogP contribution in [0.25, 0.3) is 27.2 Å². The molecule has 0 aliphatic carbocycles. The molecule has 0 bridgehead atoms. The first-order chi connectivity index (χ1) is 11.6. The Morgan fingerprint density at radius 2 is 1.67 bits per heavy atom. The third-order valence-electron chi connectivity index (χ3n) is 4.40. The number of hydrogen-bond donors (Lipinski definition) is 0. The molecule has 0 aliphatic rings. The smallest absolute Gasteiger partial charge is 0.340 e. The van der Waals surface area contributed by atoms with Crippen LogP contribution in [0.2, 0.25) is 0 Å². The Labute approximate surface area is 138 Å². The number of carbonyl (C=O) groups is 2. The summed E-state index contributed by atoms with van der Waals surface area (Å²) >= 11 is 0. The van der Waals surface area contributed by atoms with E-state index in [1.807, 2.05) is 40.8 Å². The molecule has 2 heterocycles. The summed E-state index contributed by atoms with van der Waals surface area (Å²) in [5.74, 6) is -0.541. The van der Waals surface area contributed by atoms with E-state index in [1.165, 1.54) is 14.0 Å². The lowest BCUT2D eigenvalue weighted by Crippen LogP contribution is -2.01. The SMILES string of the molecule is COC(=O)c1cc(C(C)=O)n2c1ccc1c3ccccc3ccc12. The van der Waals surface area contributed by atoms with Crippen molar-refractivity contribution >= 4 is 38.9 Å². The highest BCUT2D eigenvalue weighted by Crippen LogP contribution is 2.30. The van der Waals surface area contributed by atoms with Crippen molar-refractivity contribution in [2.75, 3.05) is 7.11 Å². The van der Waals surface area contributed by atoms with Crippen molar-refractivity contribution in [3.63, 3.8) is 0 Å². The lowest BCUT2D eigenvalue weighted by Gasteiger charge is -2.09. The second-order valence-electron chi connectivity index (χ2n) is 5.76. The fraction of sp³-hybridized carbons (Fsp3) is 0.100. The minimum atomic E-state index is -0.444. The van der Waals surface area contributed by atoms with E-state index in [9.17, 15) is 9.59 Å². The molecule has 2 aromatic heterocycles. The molecule has 4 heteroatoms. The molecule has 0 fully saturated rings. The van der Waals surface area contributed by atoms with E-state index in [2.05, 4.69) is 12.1 Å². The van der Waals surface area contributed by atoms with Crippen LogP contribution in [0.4, 0.5) is 0 Å². The molecule has 0 N–H and O–H groups in total. The minimum Gasteiger partial charge on any atom is -0.465 e. The van der Waals surface area contributed by atoms with Crippen molar-refractivity contribution in [1.82, 2.24) is 4.40 Å². The number of carbonyl (C=O) groups excluding carboxylic acids is 2. The van der Waals surface area contributed by atoms with E-state index >= 15 is 0 Å². The summed E-state index contributed by atoms with van der Waals surface area (Å²) in [7, 11) is 1.34. The highest BCUT2D eigenvalue weighted by atomic mass is 16.5. The van der Waals surface area contributed by atoms with E-state index in [4.69, 9.17) is 4.74 Å². The minimum absolute atomic E-state index is 0.0965. The Kier molecular flexibility index (Phi) is 3.13. The van der Waals surface area contributed by atoms with Crippen LogP contribution in [-0.2, 0) is 4.74 Å². The van der Waals surface area contributed by atoms with E-state index in [-0.39, 0.29) is 5.78 Å². The Bertz CT molecular complexity index is 1140. The van der Waals surface area contributed by atoms with Crippen LogP contribution in [0.15, 0.2) is 54.6 Å². The molecule has 4 rings (SSSR count). The van der Waals surface area contributed by atoms with E-state index < -0.39 is 5.97 Å². The van der Waals surface area contributed by atoms with Gasteiger partial charge in [0.05, 0.1) is 29.4 Å². The fourth-order valence-electron chi connectivity index (χ4n) is 3.30. The Hall–Kier alpha value is -3.14. The van der Waals surface area contributed by atoms with Crippen LogP contribution in [-0.4, -0.2) is 23.3 Å². The summed E-state index contributed by atoms with van der Waals surface area (Å²) in [6, 6.07) is 17.6. The molecule has 0 saturated heterocycles. The molecule has 4 nitrogen and oxygen atoms in total. The molecule has 4 aromatic rings. The maximum absolute atomic E-state index is 12.1. The summed E-state index contributed by atoms with van der Waals surface area (Å²) < 4.78 is 6.70. The number of aromatic nitrogens is 1. The van der Waals surface area contributed by atoms with Crippen LogP contribution in [0.5, 0.6) is 0 Å². The van der Waals surface area contributed by atoms with Gasteiger partial charge in [-0.05, 0) is 29.0 Å². The van der Waals surface area contributed by atoms with Gasteiger partial charge in [-0.3, -0.25) is 4.79 Å². The molecule has 118 valence electrons. The zero-order valence-electron chi connectivity index (χ0n) is 13.4. The number of methoxy groups -OCH3 is 1. The number of Topliss-reactive ketones (excluding diaryl/α,β-unsaturated/α-hetero) is 1. The highest BCUT2D eigenvalue weighted by Gasteiger charge is 2.19. The Morgan fingerprint density at radius 3 is 2.42 bits per heavy atom. The fourth-order valence-corrected chi connectivity index (χ4v) is 3.30. The number of esters is 1. The predicted molar refractivity (Wildman–Crippen MR) is 93.8 cm³/mol. The lowest BCUT2D eigenvalue weighted by molar-refractivity contribution is 0.0603. The van der Waals surface area contributed by atoms with Gasteiger partial charge in [-0.25, -0.2) is 4.79 Å². The van der Waals surface area contributed by atoms with Gasteiger partial charge in [-0.2, -0.15) is 0 Å². The highest BCUT2D eigenvalue weighted by molar-refractivity contribution is 6.10. The summed E-state index contributed by atoms with van der Waals surface area (Å²) in [4.78, 5) is 24.2. The van der Waals surface area contributed by atoms with Gasteiger partial charge in [-0.1, -0.05) is 36.4 Å². The number of ketones is 1. The second kappa shape index (κ2) is 5.20. The van der Waals surface area contributed by atoms with Gasteiger partial charge in [-0.15, -0.1) is 0 Å². The monoisotopic (exact) mass is 317 g/mol. The number of hydrogen-bond acceptors (Lipinski definition) is 3. The summed E-state index contributed by atoms with van der Waals surface area (Å²) in [6.45, 7) is 1.50. The zero-order valence-corrected chi connectivity index (χ0v) is 13.4. The number of pyridine rings is 1. The Balaban J connectivity index is 2.21. The van der Waals surface area contributed by atoms with Crippen molar-refractivity contribution in [2.45, 2.75) is 6.92 Å². The zero-order chi connectivity index (χ0) is 16.8. The van der Waals surface area contributed by atoms with Gasteiger partial charge >= 0.3 is 5.97 Å². The number of ether oxygens (including phenoxy) is 1. The number of benzene rings is 2. The molecule has 0 unspecified atom stereocenters.